The van der Waals surface area contributed by atoms with E-state index >= 15 is 0 Å². The first-order valence-corrected chi connectivity index (χ1v) is 7.45. The highest BCUT2D eigenvalue weighted by molar-refractivity contribution is 8.07. The highest BCUT2D eigenvalue weighted by Gasteiger charge is 2.31. The Labute approximate surface area is 99.4 Å². The van der Waals surface area contributed by atoms with E-state index in [0.29, 0.717) is 10.5 Å². The van der Waals surface area contributed by atoms with Crippen molar-refractivity contribution in [3.63, 3.8) is 0 Å². The van der Waals surface area contributed by atoms with Crippen molar-refractivity contribution in [3.05, 3.63) is 24.2 Å². The molecule has 0 spiro atoms. The molecule has 0 bridgehead atoms. The molecule has 2 N–H and O–H groups in total. The summed E-state index contributed by atoms with van der Waals surface area (Å²) < 4.78 is 5.39. The molecule has 0 radical (unpaired) electrons. The number of nitrogens with two attached hydrogens (primary N) is 1. The predicted octanol–water partition coefficient (Wildman–Crippen LogP) is 2.91. The summed E-state index contributed by atoms with van der Waals surface area (Å²) in [5.74, 6) is 3.39. The summed E-state index contributed by atoms with van der Waals surface area (Å²) in [4.78, 5) is 0. The molecule has 1 saturated heterocycles. The number of rotatable bonds is 3. The number of hydrogen-bond acceptors (Lipinski definition) is 4. The molecular formula is C11H17NOS2. The third-order valence-corrected chi connectivity index (χ3v) is 6.09. The highest BCUT2D eigenvalue weighted by atomic mass is 32.2. The van der Waals surface area contributed by atoms with Crippen molar-refractivity contribution in [2.45, 2.75) is 29.9 Å². The van der Waals surface area contributed by atoms with Gasteiger partial charge in [0, 0.05) is 22.0 Å². The topological polar surface area (TPSA) is 39.2 Å². The van der Waals surface area contributed by atoms with Crippen LogP contribution >= 0.6 is 23.5 Å². The standard InChI is InChI=1S/C11H17NOS2/c1-2-9-11(15-7-6-14-9)10(12)8-4-3-5-13-8/h3-5,9-11H,2,6-7,12H2,1H3. The van der Waals surface area contributed by atoms with E-state index in [9.17, 15) is 0 Å². The van der Waals surface area contributed by atoms with Gasteiger partial charge >= 0.3 is 0 Å². The van der Waals surface area contributed by atoms with Crippen molar-refractivity contribution in [1.29, 1.82) is 0 Å². The largest absolute Gasteiger partial charge is 0.468 e. The van der Waals surface area contributed by atoms with Crippen LogP contribution in [-0.4, -0.2) is 22.0 Å². The van der Waals surface area contributed by atoms with Crippen LogP contribution in [0.4, 0.5) is 0 Å². The van der Waals surface area contributed by atoms with E-state index in [1.54, 1.807) is 6.26 Å². The van der Waals surface area contributed by atoms with E-state index in [4.69, 9.17) is 10.2 Å². The van der Waals surface area contributed by atoms with Crippen molar-refractivity contribution in [2.24, 2.45) is 5.73 Å². The average molecular weight is 243 g/mol. The minimum atomic E-state index is 0.0442. The molecule has 0 aliphatic carbocycles. The first-order chi connectivity index (χ1) is 7.33. The van der Waals surface area contributed by atoms with Gasteiger partial charge in [0.05, 0.1) is 12.3 Å². The monoisotopic (exact) mass is 243 g/mol. The molecule has 3 unspecified atom stereocenters. The fourth-order valence-corrected chi connectivity index (χ4v) is 5.07. The fraction of sp³-hybridized carbons (Fsp3) is 0.636. The molecule has 2 heterocycles. The Balaban J connectivity index is 2.07. The van der Waals surface area contributed by atoms with Gasteiger partial charge < -0.3 is 10.2 Å². The van der Waals surface area contributed by atoms with E-state index in [1.165, 1.54) is 17.9 Å². The minimum Gasteiger partial charge on any atom is -0.468 e. The van der Waals surface area contributed by atoms with E-state index in [0.717, 1.165) is 5.76 Å². The Kier molecular flexibility index (Phi) is 4.05. The van der Waals surface area contributed by atoms with Crippen molar-refractivity contribution < 1.29 is 4.42 Å². The average Bonchev–Trinajstić information content (AvgIpc) is 2.81. The van der Waals surface area contributed by atoms with Crippen LogP contribution in [0.25, 0.3) is 0 Å². The molecule has 1 fully saturated rings. The van der Waals surface area contributed by atoms with Crippen molar-refractivity contribution >= 4 is 23.5 Å². The lowest BCUT2D eigenvalue weighted by Gasteiger charge is -2.33. The first-order valence-electron chi connectivity index (χ1n) is 5.35. The SMILES string of the molecule is CCC1SCCSC1C(N)c1ccco1. The summed E-state index contributed by atoms with van der Waals surface area (Å²) in [7, 11) is 0. The fourth-order valence-electron chi connectivity index (χ4n) is 1.91. The third-order valence-electron chi connectivity index (χ3n) is 2.72. The van der Waals surface area contributed by atoms with E-state index < -0.39 is 0 Å². The second-order valence-electron chi connectivity index (χ2n) is 3.69. The van der Waals surface area contributed by atoms with Crippen LogP contribution in [0.1, 0.15) is 25.1 Å². The van der Waals surface area contributed by atoms with Crippen LogP contribution < -0.4 is 5.73 Å². The first kappa shape index (κ1) is 11.4. The van der Waals surface area contributed by atoms with Gasteiger partial charge in [0.2, 0.25) is 0 Å². The van der Waals surface area contributed by atoms with Gasteiger partial charge in [0.15, 0.2) is 0 Å². The third kappa shape index (κ3) is 2.55. The van der Waals surface area contributed by atoms with Crippen LogP contribution in [0.2, 0.25) is 0 Å². The molecule has 15 heavy (non-hydrogen) atoms. The quantitative estimate of drug-likeness (QED) is 0.886. The second-order valence-corrected chi connectivity index (χ2v) is 6.33. The van der Waals surface area contributed by atoms with Gasteiger partial charge in [-0.1, -0.05) is 6.92 Å². The lowest BCUT2D eigenvalue weighted by molar-refractivity contribution is 0.453. The van der Waals surface area contributed by atoms with E-state index in [2.05, 4.69) is 18.7 Å². The molecule has 2 rings (SSSR count). The highest BCUT2D eigenvalue weighted by Crippen LogP contribution is 2.39. The molecule has 0 saturated carbocycles. The van der Waals surface area contributed by atoms with Gasteiger partial charge in [-0.2, -0.15) is 23.5 Å². The maximum Gasteiger partial charge on any atom is 0.121 e. The number of hydrogen-bond donors (Lipinski definition) is 1. The molecule has 4 heteroatoms. The molecule has 1 aliphatic rings. The van der Waals surface area contributed by atoms with Crippen molar-refractivity contribution in [2.75, 3.05) is 11.5 Å². The summed E-state index contributed by atoms with van der Waals surface area (Å²) in [6.45, 7) is 2.24. The van der Waals surface area contributed by atoms with Crippen molar-refractivity contribution in [3.8, 4) is 0 Å². The van der Waals surface area contributed by atoms with Crippen LogP contribution in [0.3, 0.4) is 0 Å². The maximum absolute atomic E-state index is 6.25. The van der Waals surface area contributed by atoms with Crippen LogP contribution in [0.5, 0.6) is 0 Å². The smallest absolute Gasteiger partial charge is 0.121 e. The molecule has 3 atom stereocenters. The minimum absolute atomic E-state index is 0.0442. The van der Waals surface area contributed by atoms with Crippen LogP contribution in [0.15, 0.2) is 22.8 Å². The van der Waals surface area contributed by atoms with Gasteiger partial charge in [-0.05, 0) is 18.6 Å². The molecule has 1 aromatic heterocycles. The normalized spacial score (nSPS) is 28.9. The Morgan fingerprint density at radius 3 is 3.00 bits per heavy atom. The maximum atomic E-state index is 6.25. The van der Waals surface area contributed by atoms with Crippen LogP contribution in [-0.2, 0) is 0 Å². The Morgan fingerprint density at radius 1 is 1.53 bits per heavy atom. The van der Waals surface area contributed by atoms with Gasteiger partial charge in [-0.3, -0.25) is 0 Å². The molecule has 2 nitrogen and oxygen atoms in total. The predicted molar refractivity (Wildman–Crippen MR) is 68.4 cm³/mol. The van der Waals surface area contributed by atoms with Crippen molar-refractivity contribution in [1.82, 2.24) is 0 Å². The summed E-state index contributed by atoms with van der Waals surface area (Å²) in [5.41, 5.74) is 6.25. The number of furan rings is 1. The zero-order chi connectivity index (χ0) is 10.7. The molecule has 1 aromatic rings. The Hall–Kier alpha value is -0.0600. The van der Waals surface area contributed by atoms with Gasteiger partial charge in [-0.15, -0.1) is 0 Å². The Morgan fingerprint density at radius 2 is 2.33 bits per heavy atom. The van der Waals surface area contributed by atoms with E-state index in [1.807, 2.05) is 23.9 Å². The summed E-state index contributed by atoms with van der Waals surface area (Å²) in [6.07, 6.45) is 2.90. The Bertz CT molecular complexity index is 289. The molecular weight excluding hydrogens is 226 g/mol. The molecule has 84 valence electrons. The zero-order valence-electron chi connectivity index (χ0n) is 8.89. The van der Waals surface area contributed by atoms with Gasteiger partial charge in [0.25, 0.3) is 0 Å². The zero-order valence-corrected chi connectivity index (χ0v) is 10.5. The summed E-state index contributed by atoms with van der Waals surface area (Å²) >= 11 is 4.05. The summed E-state index contributed by atoms with van der Waals surface area (Å²) in [6, 6.07) is 3.94. The molecule has 0 aromatic carbocycles. The van der Waals surface area contributed by atoms with Gasteiger partial charge in [0.1, 0.15) is 5.76 Å². The molecule has 1 aliphatic heterocycles. The lowest BCUT2D eigenvalue weighted by atomic mass is 10.1. The number of thioether (sulfide) groups is 2. The summed E-state index contributed by atoms with van der Waals surface area (Å²) in [5, 5.41) is 1.17. The second kappa shape index (κ2) is 5.32. The van der Waals surface area contributed by atoms with Gasteiger partial charge in [-0.25, -0.2) is 0 Å². The molecule has 0 amide bonds. The lowest BCUT2D eigenvalue weighted by Crippen LogP contribution is -2.35. The van der Waals surface area contributed by atoms with Crippen LogP contribution in [0, 0.1) is 0 Å². The van der Waals surface area contributed by atoms with E-state index in [-0.39, 0.29) is 6.04 Å².